The van der Waals surface area contributed by atoms with Crippen LogP contribution in [0.1, 0.15) is 57.1 Å². The van der Waals surface area contributed by atoms with Gasteiger partial charge in [0.05, 0.1) is 5.56 Å². The molecule has 0 saturated heterocycles. The average Bonchev–Trinajstić information content (AvgIpc) is 2.83. The van der Waals surface area contributed by atoms with E-state index in [-0.39, 0.29) is 11.5 Å². The monoisotopic (exact) mass is 299 g/mol. The summed E-state index contributed by atoms with van der Waals surface area (Å²) < 4.78 is 38.5. The van der Waals surface area contributed by atoms with Crippen LogP contribution >= 0.6 is 0 Å². The number of alkyl halides is 3. The lowest BCUT2D eigenvalue weighted by atomic mass is 9.87. The minimum atomic E-state index is -4.26. The Balaban J connectivity index is 2.13. The molecule has 0 spiro atoms. The van der Waals surface area contributed by atoms with Crippen LogP contribution in [0.2, 0.25) is 0 Å². The number of halogens is 3. The summed E-state index contributed by atoms with van der Waals surface area (Å²) in [4.78, 5) is 0. The topological polar surface area (TPSA) is 12.0 Å². The molecule has 1 nitrogen and oxygen atoms in total. The normalized spacial score (nSPS) is 23.5. The summed E-state index contributed by atoms with van der Waals surface area (Å²) in [5.74, 6) is 0.662. The summed E-state index contributed by atoms with van der Waals surface area (Å²) in [6.07, 6.45) is -1.09. The summed E-state index contributed by atoms with van der Waals surface area (Å²) in [5, 5.41) is 3.49. The molecule has 1 aromatic rings. The van der Waals surface area contributed by atoms with Crippen LogP contribution in [0, 0.1) is 5.92 Å². The zero-order valence-electron chi connectivity index (χ0n) is 12.9. The summed E-state index contributed by atoms with van der Waals surface area (Å²) in [6.45, 7) is 7.20. The fourth-order valence-electron chi connectivity index (χ4n) is 3.10. The SMILES string of the molecule is CC(C)(C)NCC1CCCC1c1cccc(C(F)(F)F)c1. The van der Waals surface area contributed by atoms with Gasteiger partial charge in [0.25, 0.3) is 0 Å². The minimum absolute atomic E-state index is 0.0426. The summed E-state index contributed by atoms with van der Waals surface area (Å²) in [7, 11) is 0. The molecule has 1 aliphatic carbocycles. The Bertz CT molecular complexity index is 474. The number of hydrogen-bond acceptors (Lipinski definition) is 1. The van der Waals surface area contributed by atoms with E-state index in [0.717, 1.165) is 37.4 Å². The van der Waals surface area contributed by atoms with Crippen LogP contribution in [0.5, 0.6) is 0 Å². The lowest BCUT2D eigenvalue weighted by molar-refractivity contribution is -0.137. The number of nitrogens with one attached hydrogen (secondary N) is 1. The second-order valence-electron chi connectivity index (χ2n) is 7.05. The first kappa shape index (κ1) is 16.3. The van der Waals surface area contributed by atoms with Crippen molar-refractivity contribution in [3.05, 3.63) is 35.4 Å². The molecule has 0 heterocycles. The highest BCUT2D eigenvalue weighted by molar-refractivity contribution is 5.29. The first-order valence-corrected chi connectivity index (χ1v) is 7.59. The summed E-state index contributed by atoms with van der Waals surface area (Å²) >= 11 is 0. The van der Waals surface area contributed by atoms with E-state index in [4.69, 9.17) is 0 Å². The van der Waals surface area contributed by atoms with Crippen molar-refractivity contribution in [2.75, 3.05) is 6.54 Å². The smallest absolute Gasteiger partial charge is 0.312 e. The number of hydrogen-bond donors (Lipinski definition) is 1. The molecule has 1 fully saturated rings. The summed E-state index contributed by atoms with van der Waals surface area (Å²) in [5.41, 5.74) is 0.346. The van der Waals surface area contributed by atoms with E-state index in [0.29, 0.717) is 5.92 Å². The Morgan fingerprint density at radius 3 is 2.48 bits per heavy atom. The molecule has 2 atom stereocenters. The van der Waals surface area contributed by atoms with Crippen LogP contribution in [-0.4, -0.2) is 12.1 Å². The third kappa shape index (κ3) is 4.47. The van der Waals surface area contributed by atoms with Crippen molar-refractivity contribution in [3.63, 3.8) is 0 Å². The van der Waals surface area contributed by atoms with Gasteiger partial charge < -0.3 is 5.32 Å². The van der Waals surface area contributed by atoms with Gasteiger partial charge in [0.1, 0.15) is 0 Å². The van der Waals surface area contributed by atoms with Crippen molar-refractivity contribution in [1.82, 2.24) is 5.32 Å². The van der Waals surface area contributed by atoms with E-state index >= 15 is 0 Å². The van der Waals surface area contributed by atoms with Gasteiger partial charge in [0, 0.05) is 5.54 Å². The van der Waals surface area contributed by atoms with Gasteiger partial charge in [-0.25, -0.2) is 0 Å². The Morgan fingerprint density at radius 2 is 1.86 bits per heavy atom. The largest absolute Gasteiger partial charge is 0.416 e. The fourth-order valence-corrected chi connectivity index (χ4v) is 3.10. The highest BCUT2D eigenvalue weighted by Gasteiger charge is 2.33. The molecule has 0 radical (unpaired) electrons. The van der Waals surface area contributed by atoms with Crippen molar-refractivity contribution in [1.29, 1.82) is 0 Å². The molecule has 1 saturated carbocycles. The Hall–Kier alpha value is -1.03. The number of benzene rings is 1. The van der Waals surface area contributed by atoms with Gasteiger partial charge in [-0.15, -0.1) is 0 Å². The van der Waals surface area contributed by atoms with Crippen LogP contribution in [0.15, 0.2) is 24.3 Å². The van der Waals surface area contributed by atoms with E-state index in [2.05, 4.69) is 26.1 Å². The highest BCUT2D eigenvalue weighted by Crippen LogP contribution is 2.41. The lowest BCUT2D eigenvalue weighted by Gasteiger charge is -2.27. The molecule has 2 rings (SSSR count). The maximum atomic E-state index is 12.8. The second kappa shape index (κ2) is 5.99. The third-order valence-corrected chi connectivity index (χ3v) is 4.20. The quantitative estimate of drug-likeness (QED) is 0.830. The standard InChI is InChI=1S/C17H24F3N/c1-16(2,3)21-11-13-7-5-9-15(13)12-6-4-8-14(10-12)17(18,19)20/h4,6,8,10,13,15,21H,5,7,9,11H2,1-3H3. The number of rotatable bonds is 3. The van der Waals surface area contributed by atoms with Crippen molar-refractivity contribution in [2.24, 2.45) is 5.92 Å². The fraction of sp³-hybridized carbons (Fsp3) is 0.647. The van der Waals surface area contributed by atoms with Crippen LogP contribution in [0.25, 0.3) is 0 Å². The van der Waals surface area contributed by atoms with Gasteiger partial charge in [0.15, 0.2) is 0 Å². The molecule has 0 amide bonds. The van der Waals surface area contributed by atoms with Crippen molar-refractivity contribution < 1.29 is 13.2 Å². The first-order valence-electron chi connectivity index (χ1n) is 7.59. The zero-order valence-corrected chi connectivity index (χ0v) is 12.9. The average molecular weight is 299 g/mol. The molecule has 1 aliphatic rings. The van der Waals surface area contributed by atoms with Gasteiger partial charge in [-0.1, -0.05) is 24.6 Å². The van der Waals surface area contributed by atoms with Crippen LogP contribution in [0.4, 0.5) is 13.2 Å². The van der Waals surface area contributed by atoms with Crippen molar-refractivity contribution in [3.8, 4) is 0 Å². The predicted molar refractivity (Wildman–Crippen MR) is 79.3 cm³/mol. The van der Waals surface area contributed by atoms with Gasteiger partial charge in [-0.3, -0.25) is 0 Å². The Morgan fingerprint density at radius 1 is 1.14 bits per heavy atom. The first-order chi connectivity index (χ1) is 9.67. The van der Waals surface area contributed by atoms with Gasteiger partial charge in [-0.05, 0) is 63.6 Å². The van der Waals surface area contributed by atoms with E-state index in [1.54, 1.807) is 0 Å². The molecule has 21 heavy (non-hydrogen) atoms. The van der Waals surface area contributed by atoms with Crippen LogP contribution in [0.3, 0.4) is 0 Å². The highest BCUT2D eigenvalue weighted by atomic mass is 19.4. The van der Waals surface area contributed by atoms with E-state index < -0.39 is 11.7 Å². The molecule has 1 N–H and O–H groups in total. The lowest BCUT2D eigenvalue weighted by Crippen LogP contribution is -2.39. The van der Waals surface area contributed by atoms with E-state index in [1.165, 1.54) is 12.1 Å². The summed E-state index contributed by atoms with van der Waals surface area (Å²) in [6, 6.07) is 5.86. The predicted octanol–water partition coefficient (Wildman–Crippen LogP) is 4.98. The maximum absolute atomic E-state index is 12.8. The molecular weight excluding hydrogens is 275 g/mol. The van der Waals surface area contributed by atoms with E-state index in [9.17, 15) is 13.2 Å². The molecular formula is C17H24F3N. The second-order valence-corrected chi connectivity index (χ2v) is 7.05. The third-order valence-electron chi connectivity index (χ3n) is 4.20. The van der Waals surface area contributed by atoms with E-state index in [1.807, 2.05) is 6.07 Å². The Labute approximate surface area is 124 Å². The molecule has 0 bridgehead atoms. The van der Waals surface area contributed by atoms with Crippen LogP contribution < -0.4 is 5.32 Å². The molecule has 2 unspecified atom stereocenters. The molecule has 0 aliphatic heterocycles. The zero-order chi connectivity index (χ0) is 15.7. The molecule has 4 heteroatoms. The van der Waals surface area contributed by atoms with Gasteiger partial charge in [-0.2, -0.15) is 13.2 Å². The minimum Gasteiger partial charge on any atom is -0.312 e. The molecule has 0 aromatic heterocycles. The van der Waals surface area contributed by atoms with Crippen molar-refractivity contribution >= 4 is 0 Å². The molecule has 118 valence electrons. The van der Waals surface area contributed by atoms with Gasteiger partial charge in [0.2, 0.25) is 0 Å². The van der Waals surface area contributed by atoms with Crippen LogP contribution in [-0.2, 0) is 6.18 Å². The molecule has 1 aromatic carbocycles. The van der Waals surface area contributed by atoms with Gasteiger partial charge >= 0.3 is 6.18 Å². The maximum Gasteiger partial charge on any atom is 0.416 e. The Kier molecular flexibility index (Phi) is 4.66. The van der Waals surface area contributed by atoms with Crippen molar-refractivity contribution in [2.45, 2.75) is 57.7 Å².